The van der Waals surface area contributed by atoms with Crippen molar-refractivity contribution in [2.24, 2.45) is 29.6 Å². The third-order valence-electron chi connectivity index (χ3n) is 16.6. The fourth-order valence-electron chi connectivity index (χ4n) is 12.4. The van der Waals surface area contributed by atoms with E-state index in [2.05, 4.69) is 97.2 Å². The smallest absolute Gasteiger partial charge is 0.329 e. The van der Waals surface area contributed by atoms with Crippen LogP contribution < -0.4 is 4.90 Å². The molecule has 4 heterocycles. The Morgan fingerprint density at radius 1 is 0.889 bits per heavy atom. The highest BCUT2D eigenvalue weighted by Gasteiger charge is 2.56. The Balaban J connectivity index is 1.13. The van der Waals surface area contributed by atoms with Crippen molar-refractivity contribution < 1.29 is 48.0 Å². The molecule has 1 saturated carbocycles. The van der Waals surface area contributed by atoms with E-state index in [0.29, 0.717) is 51.4 Å². The molecule has 3 aromatic rings. The van der Waals surface area contributed by atoms with E-state index < -0.39 is 59.8 Å². The van der Waals surface area contributed by atoms with Crippen LogP contribution in [0.5, 0.6) is 0 Å². The summed E-state index contributed by atoms with van der Waals surface area (Å²) < 4.78 is 33.3. The molecule has 0 spiro atoms. The van der Waals surface area contributed by atoms with E-state index in [1.165, 1.54) is 21.4 Å². The lowest BCUT2D eigenvalue weighted by molar-refractivity contribution is -0.302. The van der Waals surface area contributed by atoms with Crippen LogP contribution >= 0.6 is 0 Å². The zero-order valence-corrected chi connectivity index (χ0v) is 44.7. The minimum absolute atomic E-state index is 0.0663. The number of anilines is 1. The van der Waals surface area contributed by atoms with Crippen LogP contribution in [0.4, 0.5) is 5.69 Å². The van der Waals surface area contributed by atoms with Gasteiger partial charge in [-0.25, -0.2) is 4.79 Å². The Morgan fingerprint density at radius 3 is 2.32 bits per heavy atom. The molecule has 2 saturated heterocycles. The van der Waals surface area contributed by atoms with Gasteiger partial charge in [0.05, 0.1) is 24.4 Å². The van der Waals surface area contributed by atoms with Gasteiger partial charge in [-0.15, -0.1) is 0 Å². The number of ketones is 2. The number of Topliss-reactive ketones (excluding diaryl/α,β-unsaturated/α-hetero) is 2. The predicted molar refractivity (Wildman–Crippen MR) is 280 cm³/mol. The van der Waals surface area contributed by atoms with Gasteiger partial charge in [0.1, 0.15) is 24.0 Å². The van der Waals surface area contributed by atoms with Crippen LogP contribution in [-0.4, -0.2) is 121 Å². The average Bonchev–Trinajstić information content (AvgIpc) is 3.79. The lowest BCUT2D eigenvalue weighted by Crippen LogP contribution is -2.64. The number of likely N-dealkylation sites (N-methyl/N-ethyl adjacent to an activating group) is 1. The normalized spacial score (nSPS) is 33.2. The molecule has 72 heavy (non-hydrogen) atoms. The fraction of sp³-hybridized carbons (Fsp3) is 0.627. The Kier molecular flexibility index (Phi) is 18.8. The average molecular weight is 994 g/mol. The number of fused-ring (bicyclic) bond motifs is 4. The molecule has 7 rings (SSSR count). The zero-order valence-electron chi connectivity index (χ0n) is 44.7. The number of amides is 1. The predicted octanol–water partition coefficient (Wildman–Crippen LogP) is 9.65. The molecule has 13 atom stereocenters. The number of cyclic esters (lactones) is 1. The Bertz CT molecular complexity index is 2400. The number of aromatic nitrogens is 1. The summed E-state index contributed by atoms with van der Waals surface area (Å²) in [6, 6.07) is 18.4. The first kappa shape index (κ1) is 55.1. The molecular weight excluding hydrogens is 911 g/mol. The molecular formula is C59H83N3O10. The van der Waals surface area contributed by atoms with Crippen LogP contribution in [0.25, 0.3) is 10.9 Å². The summed E-state index contributed by atoms with van der Waals surface area (Å²) in [5.41, 5.74) is 5.54. The van der Waals surface area contributed by atoms with Crippen molar-refractivity contribution in [3.8, 4) is 0 Å². The van der Waals surface area contributed by atoms with E-state index in [4.69, 9.17) is 23.7 Å². The first-order valence-corrected chi connectivity index (χ1v) is 26.8. The van der Waals surface area contributed by atoms with Crippen LogP contribution in [-0.2, 0) is 49.4 Å². The maximum atomic E-state index is 14.7. The summed E-state index contributed by atoms with van der Waals surface area (Å²) >= 11 is 0. The number of hydrogen-bond donors (Lipinski definition) is 1. The van der Waals surface area contributed by atoms with Crippen molar-refractivity contribution in [1.82, 2.24) is 9.47 Å². The van der Waals surface area contributed by atoms with Crippen LogP contribution in [0.15, 0.2) is 84.1 Å². The van der Waals surface area contributed by atoms with Gasteiger partial charge in [0, 0.05) is 82.5 Å². The van der Waals surface area contributed by atoms with E-state index in [9.17, 15) is 24.3 Å². The minimum atomic E-state index is -2.47. The van der Waals surface area contributed by atoms with Crippen LogP contribution in [0.3, 0.4) is 0 Å². The summed E-state index contributed by atoms with van der Waals surface area (Å²) in [7, 11) is 7.06. The number of hydrogen-bond acceptors (Lipinski definition) is 11. The molecule has 3 aliphatic heterocycles. The molecule has 1 aliphatic carbocycles. The van der Waals surface area contributed by atoms with Gasteiger partial charge in [0.15, 0.2) is 0 Å². The maximum absolute atomic E-state index is 14.7. The lowest BCUT2D eigenvalue weighted by Gasteiger charge is -2.47. The fourth-order valence-corrected chi connectivity index (χ4v) is 12.4. The quantitative estimate of drug-likeness (QED) is 0.118. The van der Waals surface area contributed by atoms with Gasteiger partial charge in [0.25, 0.3) is 11.7 Å². The van der Waals surface area contributed by atoms with Crippen molar-refractivity contribution >= 4 is 40.0 Å². The first-order chi connectivity index (χ1) is 34.5. The van der Waals surface area contributed by atoms with Crippen molar-refractivity contribution in [2.75, 3.05) is 39.8 Å². The van der Waals surface area contributed by atoms with E-state index in [-0.39, 0.29) is 54.6 Å². The molecule has 0 radical (unpaired) electrons. The van der Waals surface area contributed by atoms with Gasteiger partial charge in [-0.05, 0) is 138 Å². The van der Waals surface area contributed by atoms with Crippen molar-refractivity contribution in [3.63, 3.8) is 0 Å². The zero-order chi connectivity index (χ0) is 51.9. The van der Waals surface area contributed by atoms with Crippen LogP contribution in [0.1, 0.15) is 124 Å². The second-order valence-electron chi connectivity index (χ2n) is 21.8. The highest BCUT2D eigenvalue weighted by atomic mass is 16.7. The maximum Gasteiger partial charge on any atom is 0.329 e. The molecule has 1 aromatic heterocycles. The molecule has 13 nitrogen and oxygen atoms in total. The minimum Gasteiger partial charge on any atom is -0.456 e. The number of carbonyl (C=O) groups is 4. The molecule has 1 N–H and O–H groups in total. The molecule has 13 heteroatoms. The summed E-state index contributed by atoms with van der Waals surface area (Å²) in [6.07, 6.45) is 10.8. The number of esters is 1. The van der Waals surface area contributed by atoms with Crippen molar-refractivity contribution in [1.29, 1.82) is 0 Å². The van der Waals surface area contributed by atoms with Gasteiger partial charge in [-0.1, -0.05) is 75.8 Å². The van der Waals surface area contributed by atoms with Gasteiger partial charge in [-0.3, -0.25) is 14.4 Å². The SMILES string of the molecule is CCC1C=C(C)CC(C)CC(OC)C2OC(O)(C(=O)C(=O)N3CCCCC3C(=O)OC(C(C)=CC3CCC(N(C)c4ccc5c(ccn5Cc5ccccc5)c4)C(OC)C3)C(C)CCC1=O)C(C)CC2OC. The largest absolute Gasteiger partial charge is 0.456 e. The van der Waals surface area contributed by atoms with Crippen molar-refractivity contribution in [2.45, 2.75) is 174 Å². The number of piperidine rings is 1. The molecule has 1 amide bonds. The summed E-state index contributed by atoms with van der Waals surface area (Å²) in [5.74, 6) is -6.11. The summed E-state index contributed by atoms with van der Waals surface area (Å²) in [6.45, 7) is 12.9. The standard InChI is InChI=1S/C59H83N3O10/c1-11-44-30-37(2)29-38(3)31-52(69-9)55-53(70-10)33-41(6)59(67,72-55)56(64)57(65)62-27-16-15-19-49(62)58(66)71-54(39(4)20-25-50(44)63)40(5)32-43-21-23-48(51(34-43)68-8)60(7)46-22-24-47-45(35-46)26-28-61(47)36-42-17-13-12-14-18-42/h12-14,17-18,22,24,26,28,30,32,35,38-39,41,43-44,48-49,51-55,67H,11,15-16,19-21,23,25,27,29,31,33-34,36H2,1-10H3. The number of carbonyl (C=O) groups excluding carboxylic acids is 4. The Morgan fingerprint density at radius 2 is 1.61 bits per heavy atom. The topological polar surface area (TPSA) is 146 Å². The first-order valence-electron chi connectivity index (χ1n) is 26.8. The van der Waals surface area contributed by atoms with Crippen molar-refractivity contribution in [3.05, 3.63) is 89.7 Å². The Labute approximate surface area is 428 Å². The van der Waals surface area contributed by atoms with E-state index in [1.807, 2.05) is 26.8 Å². The lowest BCUT2D eigenvalue weighted by atomic mass is 9.80. The van der Waals surface area contributed by atoms with Gasteiger partial charge >= 0.3 is 5.97 Å². The third-order valence-corrected chi connectivity index (χ3v) is 16.6. The second kappa shape index (κ2) is 24.6. The van der Waals surface area contributed by atoms with E-state index in [0.717, 1.165) is 42.6 Å². The van der Waals surface area contributed by atoms with Gasteiger partial charge in [0.2, 0.25) is 5.79 Å². The number of aliphatic hydroxyl groups is 1. The molecule has 2 aromatic carbocycles. The number of rotatable bonds is 10. The number of ether oxygens (including phenoxy) is 5. The molecule has 2 bridgehead atoms. The molecule has 13 unspecified atom stereocenters. The second-order valence-corrected chi connectivity index (χ2v) is 21.8. The highest BCUT2D eigenvalue weighted by molar-refractivity contribution is 6.39. The number of allylic oxidation sites excluding steroid dienone is 3. The monoisotopic (exact) mass is 994 g/mol. The van der Waals surface area contributed by atoms with E-state index >= 15 is 0 Å². The Hall–Kier alpha value is -4.66. The van der Waals surface area contributed by atoms with E-state index in [1.54, 1.807) is 28.3 Å². The van der Waals surface area contributed by atoms with Gasteiger partial charge < -0.3 is 43.2 Å². The molecule has 394 valence electrons. The third kappa shape index (κ3) is 12.5. The summed E-state index contributed by atoms with van der Waals surface area (Å²) in [4.78, 5) is 61.2. The van der Waals surface area contributed by atoms with Crippen LogP contribution in [0, 0.1) is 29.6 Å². The highest BCUT2D eigenvalue weighted by Crippen LogP contribution is 2.40. The van der Waals surface area contributed by atoms with Crippen LogP contribution in [0.2, 0.25) is 0 Å². The number of methoxy groups -OCH3 is 3. The number of benzene rings is 2. The molecule has 3 fully saturated rings. The molecule has 4 aliphatic rings. The number of nitrogens with zero attached hydrogens (tertiary/aromatic N) is 3. The summed E-state index contributed by atoms with van der Waals surface area (Å²) in [5, 5.41) is 13.4. The van der Waals surface area contributed by atoms with Gasteiger partial charge in [-0.2, -0.15) is 0 Å².